The van der Waals surface area contributed by atoms with E-state index >= 15 is 0 Å². The number of rotatable bonds is 8. The topological polar surface area (TPSA) is 102 Å². The lowest BCUT2D eigenvalue weighted by molar-refractivity contribution is -0.384. The van der Waals surface area contributed by atoms with E-state index in [2.05, 4.69) is 22.7 Å². The fourth-order valence-corrected chi connectivity index (χ4v) is 3.71. The number of carbonyl (C=O) groups is 1. The Hall–Kier alpha value is -3.39. The second-order valence-electron chi connectivity index (χ2n) is 7.63. The second-order valence-corrected chi connectivity index (χ2v) is 8.03. The first-order valence-electron chi connectivity index (χ1n) is 10.0. The molecule has 9 heteroatoms. The molecule has 1 amide bonds. The van der Waals surface area contributed by atoms with Crippen molar-refractivity contribution >= 4 is 34.7 Å². The van der Waals surface area contributed by atoms with Gasteiger partial charge in [-0.25, -0.2) is 4.68 Å². The lowest BCUT2D eigenvalue weighted by Gasteiger charge is -2.15. The normalized spacial score (nSPS) is 14.1. The van der Waals surface area contributed by atoms with E-state index in [1.165, 1.54) is 12.1 Å². The molecule has 0 aliphatic heterocycles. The van der Waals surface area contributed by atoms with Crippen LogP contribution in [-0.4, -0.2) is 20.6 Å². The summed E-state index contributed by atoms with van der Waals surface area (Å²) in [5.74, 6) is 0.721. The van der Waals surface area contributed by atoms with Crippen molar-refractivity contribution in [3.05, 3.63) is 81.0 Å². The summed E-state index contributed by atoms with van der Waals surface area (Å²) in [6.45, 7) is 2.40. The largest absolute Gasteiger partial charge is 0.375 e. The summed E-state index contributed by atoms with van der Waals surface area (Å²) in [7, 11) is 0. The van der Waals surface area contributed by atoms with E-state index in [1.807, 2.05) is 18.2 Å². The molecule has 0 radical (unpaired) electrons. The Labute approximate surface area is 184 Å². The Balaban J connectivity index is 1.51. The molecule has 1 aromatic heterocycles. The lowest BCUT2D eigenvalue weighted by atomic mass is 10.1. The summed E-state index contributed by atoms with van der Waals surface area (Å²) in [6, 6.07) is 13.6. The van der Waals surface area contributed by atoms with Crippen LogP contribution in [0.25, 0.3) is 0 Å². The molecule has 1 fully saturated rings. The van der Waals surface area contributed by atoms with Gasteiger partial charge in [-0.1, -0.05) is 29.8 Å². The van der Waals surface area contributed by atoms with E-state index < -0.39 is 10.8 Å². The number of hydrogen-bond donors (Lipinski definition) is 2. The summed E-state index contributed by atoms with van der Waals surface area (Å²) >= 11 is 6.15. The fourth-order valence-electron chi connectivity index (χ4n) is 3.51. The highest BCUT2D eigenvalue weighted by atomic mass is 35.5. The van der Waals surface area contributed by atoms with Gasteiger partial charge in [0, 0.05) is 29.3 Å². The Morgan fingerprint density at radius 3 is 2.77 bits per heavy atom. The van der Waals surface area contributed by atoms with E-state index in [1.54, 1.807) is 29.1 Å². The number of carbonyl (C=O) groups excluding carboxylic acids is 1. The van der Waals surface area contributed by atoms with Crippen LogP contribution in [0.1, 0.15) is 41.7 Å². The zero-order valence-electron chi connectivity index (χ0n) is 16.9. The summed E-state index contributed by atoms with van der Waals surface area (Å²) in [5, 5.41) is 22.4. The van der Waals surface area contributed by atoms with Crippen LogP contribution in [0.5, 0.6) is 0 Å². The molecule has 1 unspecified atom stereocenters. The first-order chi connectivity index (χ1) is 14.9. The molecule has 0 saturated heterocycles. The molecular formula is C22H22ClN5O3. The summed E-state index contributed by atoms with van der Waals surface area (Å²) in [4.78, 5) is 23.9. The van der Waals surface area contributed by atoms with E-state index in [0.717, 1.165) is 18.4 Å². The molecule has 1 atom stereocenters. The smallest absolute Gasteiger partial charge is 0.293 e. The molecule has 2 aromatic carbocycles. The van der Waals surface area contributed by atoms with Gasteiger partial charge in [0.1, 0.15) is 11.5 Å². The molecule has 4 rings (SSSR count). The molecule has 160 valence electrons. The summed E-state index contributed by atoms with van der Waals surface area (Å²) < 4.78 is 1.80. The van der Waals surface area contributed by atoms with Crippen LogP contribution in [0.15, 0.2) is 54.7 Å². The predicted molar refractivity (Wildman–Crippen MR) is 119 cm³/mol. The van der Waals surface area contributed by atoms with Gasteiger partial charge in [-0.2, -0.15) is 5.10 Å². The fraction of sp³-hybridized carbons (Fsp3) is 0.273. The minimum atomic E-state index is -0.509. The highest BCUT2D eigenvalue weighted by molar-refractivity contribution is 6.31. The summed E-state index contributed by atoms with van der Waals surface area (Å²) in [6.07, 6.45) is 3.95. The van der Waals surface area contributed by atoms with E-state index in [4.69, 9.17) is 11.6 Å². The number of nitro groups is 1. The number of anilines is 2. The van der Waals surface area contributed by atoms with Gasteiger partial charge in [-0.15, -0.1) is 0 Å². The Bertz CT molecular complexity index is 1130. The molecule has 31 heavy (non-hydrogen) atoms. The zero-order valence-corrected chi connectivity index (χ0v) is 17.7. The quantitative estimate of drug-likeness (QED) is 0.367. The minimum Gasteiger partial charge on any atom is -0.375 e. The van der Waals surface area contributed by atoms with Crippen molar-refractivity contribution in [3.8, 4) is 0 Å². The third-order valence-corrected chi connectivity index (χ3v) is 5.85. The minimum absolute atomic E-state index is 0.181. The third kappa shape index (κ3) is 4.69. The van der Waals surface area contributed by atoms with E-state index in [-0.39, 0.29) is 17.3 Å². The summed E-state index contributed by atoms with van der Waals surface area (Å²) in [5.41, 5.74) is 1.15. The Morgan fingerprint density at radius 1 is 1.29 bits per heavy atom. The van der Waals surface area contributed by atoms with Crippen LogP contribution in [0, 0.1) is 16.0 Å². The van der Waals surface area contributed by atoms with Crippen molar-refractivity contribution in [1.82, 2.24) is 9.78 Å². The number of nitrogens with zero attached hydrogens (tertiary/aromatic N) is 3. The maximum Gasteiger partial charge on any atom is 0.293 e. The maximum atomic E-state index is 12.8. The van der Waals surface area contributed by atoms with Crippen molar-refractivity contribution in [2.45, 2.75) is 32.4 Å². The van der Waals surface area contributed by atoms with Crippen LogP contribution in [0.2, 0.25) is 5.02 Å². The molecule has 0 bridgehead atoms. The first-order valence-corrected chi connectivity index (χ1v) is 10.4. The number of aromatic nitrogens is 2. The first kappa shape index (κ1) is 20.9. The van der Waals surface area contributed by atoms with Gasteiger partial charge in [-0.05, 0) is 49.4 Å². The average Bonchev–Trinajstić information content (AvgIpc) is 3.51. The van der Waals surface area contributed by atoms with Crippen molar-refractivity contribution in [1.29, 1.82) is 0 Å². The molecule has 8 nitrogen and oxygen atoms in total. The van der Waals surface area contributed by atoms with Gasteiger partial charge in [0.2, 0.25) is 0 Å². The van der Waals surface area contributed by atoms with Crippen LogP contribution in [0.3, 0.4) is 0 Å². The van der Waals surface area contributed by atoms with Crippen molar-refractivity contribution in [2.75, 3.05) is 10.6 Å². The van der Waals surface area contributed by atoms with Gasteiger partial charge in [0.25, 0.3) is 11.6 Å². The standard InChI is InChI=1S/C22H22ClN5O3/c1-14(15-6-7-15)27-21(10-11-25-27)26-22(29)16-8-9-19(20(12-16)28(30)31)24-13-17-4-2-3-5-18(17)23/h2-5,8-12,14-15,24H,6-7,13H2,1H3,(H,26,29). The predicted octanol–water partition coefficient (Wildman–Crippen LogP) is 5.28. The zero-order chi connectivity index (χ0) is 22.0. The van der Waals surface area contributed by atoms with Gasteiger partial charge >= 0.3 is 0 Å². The highest BCUT2D eigenvalue weighted by Crippen LogP contribution is 2.40. The van der Waals surface area contributed by atoms with Crippen LogP contribution < -0.4 is 10.6 Å². The van der Waals surface area contributed by atoms with Crippen molar-refractivity contribution < 1.29 is 9.72 Å². The Morgan fingerprint density at radius 2 is 2.06 bits per heavy atom. The van der Waals surface area contributed by atoms with E-state index in [0.29, 0.717) is 29.0 Å². The van der Waals surface area contributed by atoms with Crippen LogP contribution in [0.4, 0.5) is 17.2 Å². The number of hydrogen-bond acceptors (Lipinski definition) is 5. The highest BCUT2D eigenvalue weighted by Gasteiger charge is 2.31. The number of nitro benzene ring substituents is 1. The van der Waals surface area contributed by atoms with Gasteiger partial charge in [0.15, 0.2) is 0 Å². The number of nitrogens with one attached hydrogen (secondary N) is 2. The maximum absolute atomic E-state index is 12.8. The molecule has 2 N–H and O–H groups in total. The van der Waals surface area contributed by atoms with Crippen molar-refractivity contribution in [3.63, 3.8) is 0 Å². The Kier molecular flexibility index (Phi) is 5.90. The monoisotopic (exact) mass is 439 g/mol. The molecule has 0 spiro atoms. The molecule has 1 aliphatic carbocycles. The third-order valence-electron chi connectivity index (χ3n) is 5.49. The number of benzene rings is 2. The number of amides is 1. The van der Waals surface area contributed by atoms with Gasteiger partial charge in [-0.3, -0.25) is 14.9 Å². The van der Waals surface area contributed by atoms with Crippen LogP contribution in [-0.2, 0) is 6.54 Å². The van der Waals surface area contributed by atoms with Gasteiger partial charge in [0.05, 0.1) is 17.2 Å². The van der Waals surface area contributed by atoms with Gasteiger partial charge < -0.3 is 10.6 Å². The van der Waals surface area contributed by atoms with E-state index in [9.17, 15) is 14.9 Å². The second kappa shape index (κ2) is 8.77. The molecule has 1 heterocycles. The van der Waals surface area contributed by atoms with Crippen LogP contribution >= 0.6 is 11.6 Å². The van der Waals surface area contributed by atoms with Crippen molar-refractivity contribution in [2.24, 2.45) is 5.92 Å². The molecule has 1 aliphatic rings. The molecule has 1 saturated carbocycles. The molecular weight excluding hydrogens is 418 g/mol. The number of halogens is 1. The lowest BCUT2D eigenvalue weighted by Crippen LogP contribution is -2.18. The SMILES string of the molecule is CC(C1CC1)n1nccc1NC(=O)c1ccc(NCc2ccccc2Cl)c([N+](=O)[O-])c1. The molecule has 3 aromatic rings. The average molecular weight is 440 g/mol.